The minimum Gasteiger partial charge on any atom is -0.376 e. The van der Waals surface area contributed by atoms with Crippen LogP contribution >= 0.6 is 0 Å². The molecular formula is C7H15NO. The lowest BCUT2D eigenvalue weighted by Crippen LogP contribution is -2.33. The predicted molar refractivity (Wildman–Crippen MR) is 37.2 cm³/mol. The molecule has 2 N–H and O–H groups in total. The summed E-state index contributed by atoms with van der Waals surface area (Å²) in [6, 6.07) is 0.282. The van der Waals surface area contributed by atoms with Crippen LogP contribution in [0.15, 0.2) is 0 Å². The second-order valence-corrected chi connectivity index (χ2v) is 3.03. The molecule has 1 heterocycles. The lowest BCUT2D eigenvalue weighted by molar-refractivity contribution is 0.0687. The van der Waals surface area contributed by atoms with E-state index in [1.54, 1.807) is 0 Å². The first-order valence-electron chi connectivity index (χ1n) is 3.59. The third-order valence-corrected chi connectivity index (χ3v) is 1.84. The summed E-state index contributed by atoms with van der Waals surface area (Å²) < 4.78 is 5.40. The van der Waals surface area contributed by atoms with E-state index in [-0.39, 0.29) is 6.04 Å². The molecule has 0 aliphatic carbocycles. The maximum Gasteiger partial charge on any atom is 0.0749 e. The molecule has 1 rings (SSSR count). The molecule has 9 heavy (non-hydrogen) atoms. The van der Waals surface area contributed by atoms with Crippen molar-refractivity contribution in [2.24, 2.45) is 11.7 Å². The molecule has 0 amide bonds. The van der Waals surface area contributed by atoms with Gasteiger partial charge in [0.1, 0.15) is 0 Å². The van der Waals surface area contributed by atoms with Gasteiger partial charge in [0.2, 0.25) is 0 Å². The van der Waals surface area contributed by atoms with E-state index in [9.17, 15) is 0 Å². The second-order valence-electron chi connectivity index (χ2n) is 3.03. The van der Waals surface area contributed by atoms with Gasteiger partial charge in [-0.25, -0.2) is 0 Å². The van der Waals surface area contributed by atoms with Crippen molar-refractivity contribution in [1.82, 2.24) is 0 Å². The smallest absolute Gasteiger partial charge is 0.0749 e. The summed E-state index contributed by atoms with van der Waals surface area (Å²) >= 11 is 0. The van der Waals surface area contributed by atoms with E-state index in [0.717, 1.165) is 13.0 Å². The van der Waals surface area contributed by atoms with Gasteiger partial charge in [0.05, 0.1) is 6.10 Å². The quantitative estimate of drug-likeness (QED) is 0.567. The molecule has 0 unspecified atom stereocenters. The molecule has 54 valence electrons. The maximum absolute atomic E-state index is 5.75. The van der Waals surface area contributed by atoms with Crippen molar-refractivity contribution in [2.45, 2.75) is 32.4 Å². The van der Waals surface area contributed by atoms with Crippen molar-refractivity contribution >= 4 is 0 Å². The fourth-order valence-electron chi connectivity index (χ4n) is 1.31. The summed E-state index contributed by atoms with van der Waals surface area (Å²) in [7, 11) is 0. The molecule has 0 aromatic heterocycles. The first kappa shape index (κ1) is 7.03. The zero-order valence-corrected chi connectivity index (χ0v) is 6.13. The average molecular weight is 129 g/mol. The Morgan fingerprint density at radius 3 is 2.44 bits per heavy atom. The van der Waals surface area contributed by atoms with Gasteiger partial charge in [0.15, 0.2) is 0 Å². The molecule has 1 fully saturated rings. The molecule has 0 spiro atoms. The van der Waals surface area contributed by atoms with E-state index in [1.807, 2.05) is 0 Å². The first-order chi connectivity index (χ1) is 4.22. The molecule has 0 aromatic carbocycles. The molecule has 2 nitrogen and oxygen atoms in total. The normalized spacial score (nSPS) is 36.0. The van der Waals surface area contributed by atoms with Crippen molar-refractivity contribution < 1.29 is 4.74 Å². The third kappa shape index (κ3) is 1.43. The van der Waals surface area contributed by atoms with Crippen LogP contribution in [0.4, 0.5) is 0 Å². The van der Waals surface area contributed by atoms with E-state index < -0.39 is 0 Å². The maximum atomic E-state index is 5.75. The van der Waals surface area contributed by atoms with Crippen LogP contribution in [0.1, 0.15) is 20.3 Å². The van der Waals surface area contributed by atoms with Gasteiger partial charge < -0.3 is 10.5 Å². The van der Waals surface area contributed by atoms with Crippen LogP contribution in [0, 0.1) is 5.92 Å². The molecular weight excluding hydrogens is 114 g/mol. The second kappa shape index (κ2) is 2.67. The Bertz CT molecular complexity index is 92.9. The Labute approximate surface area is 56.4 Å². The van der Waals surface area contributed by atoms with Crippen LogP contribution in [0.2, 0.25) is 0 Å². The van der Waals surface area contributed by atoms with Crippen LogP contribution in [-0.4, -0.2) is 18.8 Å². The number of nitrogens with two attached hydrogens (primary N) is 1. The Morgan fingerprint density at radius 1 is 1.56 bits per heavy atom. The molecule has 2 heteroatoms. The fraction of sp³-hybridized carbons (Fsp3) is 1.00. The SMILES string of the molecule is CC(C)[C@@H]1OCC[C@H]1N. The van der Waals surface area contributed by atoms with Crippen LogP contribution in [0.3, 0.4) is 0 Å². The van der Waals surface area contributed by atoms with Crippen LogP contribution in [0.25, 0.3) is 0 Å². The van der Waals surface area contributed by atoms with Gasteiger partial charge in [0.25, 0.3) is 0 Å². The minimum absolute atomic E-state index is 0.282. The number of ether oxygens (including phenoxy) is 1. The number of hydrogen-bond acceptors (Lipinski definition) is 2. The van der Waals surface area contributed by atoms with Crippen molar-refractivity contribution in [3.05, 3.63) is 0 Å². The van der Waals surface area contributed by atoms with E-state index in [0.29, 0.717) is 12.0 Å². The average Bonchev–Trinajstić information content (AvgIpc) is 2.13. The van der Waals surface area contributed by atoms with Crippen molar-refractivity contribution in [1.29, 1.82) is 0 Å². The number of hydrogen-bond donors (Lipinski definition) is 1. The topological polar surface area (TPSA) is 35.2 Å². The van der Waals surface area contributed by atoms with Crippen molar-refractivity contribution in [2.75, 3.05) is 6.61 Å². The monoisotopic (exact) mass is 129 g/mol. The van der Waals surface area contributed by atoms with Crippen molar-refractivity contribution in [3.8, 4) is 0 Å². The fourth-order valence-corrected chi connectivity index (χ4v) is 1.31. The molecule has 2 atom stereocenters. The van der Waals surface area contributed by atoms with Crippen LogP contribution < -0.4 is 5.73 Å². The van der Waals surface area contributed by atoms with Crippen LogP contribution in [-0.2, 0) is 4.74 Å². The Kier molecular flexibility index (Phi) is 2.09. The lowest BCUT2D eigenvalue weighted by atomic mass is 10.0. The van der Waals surface area contributed by atoms with Gasteiger partial charge in [-0.15, -0.1) is 0 Å². The zero-order chi connectivity index (χ0) is 6.85. The highest BCUT2D eigenvalue weighted by Crippen LogP contribution is 2.18. The van der Waals surface area contributed by atoms with E-state index in [2.05, 4.69) is 13.8 Å². The highest BCUT2D eigenvalue weighted by atomic mass is 16.5. The summed E-state index contributed by atoms with van der Waals surface area (Å²) in [5, 5.41) is 0. The van der Waals surface area contributed by atoms with Gasteiger partial charge >= 0.3 is 0 Å². The summed E-state index contributed by atoms with van der Waals surface area (Å²) in [6.07, 6.45) is 1.34. The first-order valence-corrected chi connectivity index (χ1v) is 3.59. The van der Waals surface area contributed by atoms with Gasteiger partial charge in [-0.1, -0.05) is 13.8 Å². The minimum atomic E-state index is 0.282. The molecule has 1 aliphatic heterocycles. The third-order valence-electron chi connectivity index (χ3n) is 1.84. The standard InChI is InChI=1S/C7H15NO/c1-5(2)7-6(8)3-4-9-7/h5-7H,3-4,8H2,1-2H3/t6-,7+/m1/s1. The summed E-state index contributed by atoms with van der Waals surface area (Å²) in [5.74, 6) is 0.572. The van der Waals surface area contributed by atoms with Crippen LogP contribution in [0.5, 0.6) is 0 Å². The molecule has 0 aromatic rings. The molecule has 1 saturated heterocycles. The van der Waals surface area contributed by atoms with E-state index >= 15 is 0 Å². The lowest BCUT2D eigenvalue weighted by Gasteiger charge is -2.17. The van der Waals surface area contributed by atoms with Gasteiger partial charge in [-0.2, -0.15) is 0 Å². The summed E-state index contributed by atoms with van der Waals surface area (Å²) in [6.45, 7) is 5.15. The molecule has 0 bridgehead atoms. The Morgan fingerprint density at radius 2 is 2.22 bits per heavy atom. The van der Waals surface area contributed by atoms with Crippen molar-refractivity contribution in [3.63, 3.8) is 0 Å². The molecule has 0 saturated carbocycles. The van der Waals surface area contributed by atoms with Gasteiger partial charge in [0, 0.05) is 12.6 Å². The molecule has 1 aliphatic rings. The zero-order valence-electron chi connectivity index (χ0n) is 6.13. The Hall–Kier alpha value is -0.0800. The summed E-state index contributed by atoms with van der Waals surface area (Å²) in [5.41, 5.74) is 5.75. The highest BCUT2D eigenvalue weighted by molar-refractivity contribution is 4.80. The van der Waals surface area contributed by atoms with Gasteiger partial charge in [-0.3, -0.25) is 0 Å². The Balaban J connectivity index is 2.40. The largest absolute Gasteiger partial charge is 0.376 e. The predicted octanol–water partition coefficient (Wildman–Crippen LogP) is 0.759. The number of rotatable bonds is 1. The highest BCUT2D eigenvalue weighted by Gasteiger charge is 2.26. The van der Waals surface area contributed by atoms with E-state index in [4.69, 9.17) is 10.5 Å². The van der Waals surface area contributed by atoms with Gasteiger partial charge in [-0.05, 0) is 12.3 Å². The van der Waals surface area contributed by atoms with E-state index in [1.165, 1.54) is 0 Å². The molecule has 0 radical (unpaired) electrons. The summed E-state index contributed by atoms with van der Waals surface area (Å²) in [4.78, 5) is 0.